The van der Waals surface area contributed by atoms with Crippen molar-refractivity contribution < 1.29 is 18.3 Å². The van der Waals surface area contributed by atoms with E-state index in [1.165, 1.54) is 22.8 Å². The molecule has 34 heavy (non-hydrogen) atoms. The van der Waals surface area contributed by atoms with Gasteiger partial charge in [0.25, 0.3) is 0 Å². The van der Waals surface area contributed by atoms with Gasteiger partial charge in [0.1, 0.15) is 29.0 Å². The monoisotopic (exact) mass is 459 g/mol. The van der Waals surface area contributed by atoms with E-state index in [0.717, 1.165) is 31.4 Å². The Balaban J connectivity index is 1.30. The predicted octanol–water partition coefficient (Wildman–Crippen LogP) is 7.06. The first-order chi connectivity index (χ1) is 16.4. The lowest BCUT2D eigenvalue weighted by Crippen LogP contribution is -2.25. The van der Waals surface area contributed by atoms with Crippen molar-refractivity contribution >= 4 is 5.97 Å². The van der Waals surface area contributed by atoms with Gasteiger partial charge in [0.05, 0.1) is 5.92 Å². The molecular formula is C29H27F2NO2. The van der Waals surface area contributed by atoms with Gasteiger partial charge >= 0.3 is 5.97 Å². The number of carbonyl (C=O) groups is 1. The first kappa shape index (κ1) is 23.6. The molecule has 3 aromatic rings. The molecule has 0 unspecified atom stereocenters. The summed E-state index contributed by atoms with van der Waals surface area (Å²) in [4.78, 5) is 12.5. The molecule has 0 aliphatic heterocycles. The molecule has 0 spiro atoms. The molecule has 3 nitrogen and oxygen atoms in total. The average Bonchev–Trinajstić information content (AvgIpc) is 2.85. The second-order valence-corrected chi connectivity index (χ2v) is 9.10. The summed E-state index contributed by atoms with van der Waals surface area (Å²) in [5.41, 5.74) is 3.24. The number of carbonyl (C=O) groups excluding carboxylic acids is 1. The SMILES string of the molecule is C[C@@H](Cc1ccc(C2CCC(C(=O)Oc3cc(F)c(C#N)c(F)c3)CC2)cc1)c1ccccc1. The minimum absolute atomic E-state index is 0.207. The van der Waals surface area contributed by atoms with E-state index >= 15 is 0 Å². The molecule has 1 fully saturated rings. The van der Waals surface area contributed by atoms with Gasteiger partial charge in [0, 0.05) is 12.1 Å². The van der Waals surface area contributed by atoms with Crippen molar-refractivity contribution in [1.82, 2.24) is 0 Å². The lowest BCUT2D eigenvalue weighted by molar-refractivity contribution is -0.140. The van der Waals surface area contributed by atoms with Crippen LogP contribution in [0.4, 0.5) is 8.78 Å². The van der Waals surface area contributed by atoms with E-state index in [-0.39, 0.29) is 11.7 Å². The standard InChI is InChI=1S/C29H27F2NO2/c1-19(21-5-3-2-4-6-21)15-20-7-9-22(10-8-20)23-11-13-24(14-12-23)29(33)34-25-16-27(30)26(18-32)28(31)17-25/h2-10,16-17,19,23-24H,11-15H2,1H3/t19-,23?,24?/m0/s1. The van der Waals surface area contributed by atoms with Crippen LogP contribution in [0.15, 0.2) is 66.7 Å². The molecule has 1 aliphatic carbocycles. The van der Waals surface area contributed by atoms with E-state index in [1.54, 1.807) is 0 Å². The van der Waals surface area contributed by atoms with Crippen LogP contribution in [0.3, 0.4) is 0 Å². The Bertz CT molecular complexity index is 1150. The van der Waals surface area contributed by atoms with E-state index in [0.29, 0.717) is 24.7 Å². The van der Waals surface area contributed by atoms with Crippen LogP contribution in [0, 0.1) is 28.9 Å². The zero-order valence-electron chi connectivity index (χ0n) is 19.1. The highest BCUT2D eigenvalue weighted by molar-refractivity contribution is 5.75. The molecule has 0 N–H and O–H groups in total. The normalized spacial score (nSPS) is 18.6. The highest BCUT2D eigenvalue weighted by atomic mass is 19.1. The fraction of sp³-hybridized carbons (Fsp3) is 0.310. The number of hydrogen-bond donors (Lipinski definition) is 0. The summed E-state index contributed by atoms with van der Waals surface area (Å²) >= 11 is 0. The number of nitrogens with zero attached hydrogens (tertiary/aromatic N) is 1. The van der Waals surface area contributed by atoms with E-state index in [4.69, 9.17) is 10.00 Å². The molecule has 0 aromatic heterocycles. The van der Waals surface area contributed by atoms with Gasteiger partial charge in [-0.05, 0) is 60.6 Å². The first-order valence-corrected chi connectivity index (χ1v) is 11.7. The van der Waals surface area contributed by atoms with Crippen LogP contribution in [0.25, 0.3) is 0 Å². The Hall–Kier alpha value is -3.52. The lowest BCUT2D eigenvalue weighted by atomic mass is 9.78. The van der Waals surface area contributed by atoms with Crippen molar-refractivity contribution in [2.75, 3.05) is 0 Å². The first-order valence-electron chi connectivity index (χ1n) is 11.7. The molecule has 3 aromatic carbocycles. The topological polar surface area (TPSA) is 50.1 Å². The summed E-state index contributed by atoms with van der Waals surface area (Å²) in [7, 11) is 0. The third-order valence-electron chi connectivity index (χ3n) is 6.77. The van der Waals surface area contributed by atoms with Gasteiger partial charge in [-0.3, -0.25) is 4.79 Å². The number of halogens is 2. The number of hydrogen-bond acceptors (Lipinski definition) is 3. The van der Waals surface area contributed by atoms with Crippen molar-refractivity contribution in [3.63, 3.8) is 0 Å². The Morgan fingerprint density at radius 3 is 2.21 bits per heavy atom. The van der Waals surface area contributed by atoms with Crippen molar-refractivity contribution in [2.45, 2.75) is 50.9 Å². The van der Waals surface area contributed by atoms with Crippen LogP contribution in [-0.2, 0) is 11.2 Å². The zero-order valence-corrected chi connectivity index (χ0v) is 19.1. The minimum Gasteiger partial charge on any atom is -0.426 e. The summed E-state index contributed by atoms with van der Waals surface area (Å²) in [6.45, 7) is 2.24. The number of esters is 1. The summed E-state index contributed by atoms with van der Waals surface area (Å²) < 4.78 is 32.8. The molecule has 0 saturated heterocycles. The van der Waals surface area contributed by atoms with E-state index < -0.39 is 23.2 Å². The molecule has 0 heterocycles. The van der Waals surface area contributed by atoms with Crippen LogP contribution in [0.5, 0.6) is 5.75 Å². The van der Waals surface area contributed by atoms with Gasteiger partial charge in [-0.2, -0.15) is 5.26 Å². The fourth-order valence-corrected chi connectivity index (χ4v) is 4.76. The van der Waals surface area contributed by atoms with Gasteiger partial charge in [-0.25, -0.2) is 8.78 Å². The summed E-state index contributed by atoms with van der Waals surface area (Å²) in [5, 5.41) is 8.76. The molecule has 0 radical (unpaired) electrons. The largest absolute Gasteiger partial charge is 0.426 e. The minimum atomic E-state index is -1.03. The van der Waals surface area contributed by atoms with E-state index in [1.807, 2.05) is 6.07 Å². The molecule has 1 atom stereocenters. The third kappa shape index (κ3) is 5.51. The fourth-order valence-electron chi connectivity index (χ4n) is 4.76. The van der Waals surface area contributed by atoms with E-state index in [2.05, 4.69) is 55.5 Å². The zero-order chi connectivity index (χ0) is 24.1. The third-order valence-corrected chi connectivity index (χ3v) is 6.77. The Morgan fingerprint density at radius 1 is 1.00 bits per heavy atom. The predicted molar refractivity (Wildman–Crippen MR) is 126 cm³/mol. The summed E-state index contributed by atoms with van der Waals surface area (Å²) in [5.74, 6) is -2.22. The lowest BCUT2D eigenvalue weighted by Gasteiger charge is -2.27. The van der Waals surface area contributed by atoms with Crippen LogP contribution >= 0.6 is 0 Å². The maximum Gasteiger partial charge on any atom is 0.314 e. The maximum absolute atomic E-state index is 13.8. The molecule has 4 rings (SSSR count). The number of rotatable bonds is 6. The van der Waals surface area contributed by atoms with Gasteiger partial charge < -0.3 is 4.74 Å². The Kier molecular flexibility index (Phi) is 7.37. The number of ether oxygens (including phenoxy) is 1. The molecule has 174 valence electrons. The van der Waals surface area contributed by atoms with Gasteiger partial charge in [0.2, 0.25) is 0 Å². The van der Waals surface area contributed by atoms with Gasteiger partial charge in [-0.15, -0.1) is 0 Å². The van der Waals surface area contributed by atoms with Crippen molar-refractivity contribution in [3.8, 4) is 11.8 Å². The van der Waals surface area contributed by atoms with Crippen molar-refractivity contribution in [3.05, 3.63) is 101 Å². The second-order valence-electron chi connectivity index (χ2n) is 9.10. The van der Waals surface area contributed by atoms with Crippen molar-refractivity contribution in [1.29, 1.82) is 5.26 Å². The smallest absolute Gasteiger partial charge is 0.314 e. The van der Waals surface area contributed by atoms with Crippen LogP contribution < -0.4 is 4.74 Å². The average molecular weight is 460 g/mol. The molecule has 1 saturated carbocycles. The molecule has 0 bridgehead atoms. The Labute approximate surface area is 199 Å². The second kappa shape index (κ2) is 10.6. The van der Waals surface area contributed by atoms with Crippen molar-refractivity contribution in [2.24, 2.45) is 5.92 Å². The molecule has 1 aliphatic rings. The molecule has 0 amide bonds. The number of nitriles is 1. The molecular weight excluding hydrogens is 432 g/mol. The maximum atomic E-state index is 13.8. The van der Waals surface area contributed by atoms with Gasteiger partial charge in [-0.1, -0.05) is 61.5 Å². The summed E-state index contributed by atoms with van der Waals surface area (Å²) in [6.07, 6.45) is 4.03. The van der Waals surface area contributed by atoms with Crippen LogP contribution in [-0.4, -0.2) is 5.97 Å². The highest BCUT2D eigenvalue weighted by Gasteiger charge is 2.29. The van der Waals surface area contributed by atoms with Crippen LogP contribution in [0.1, 0.15) is 66.7 Å². The summed E-state index contributed by atoms with van der Waals surface area (Å²) in [6, 6.07) is 22.5. The van der Waals surface area contributed by atoms with Gasteiger partial charge in [0.15, 0.2) is 0 Å². The highest BCUT2D eigenvalue weighted by Crippen LogP contribution is 2.37. The quantitative estimate of drug-likeness (QED) is 0.293. The molecule has 5 heteroatoms. The number of benzene rings is 3. The van der Waals surface area contributed by atoms with Crippen LogP contribution in [0.2, 0.25) is 0 Å². The Morgan fingerprint density at radius 2 is 1.62 bits per heavy atom. The van der Waals surface area contributed by atoms with E-state index in [9.17, 15) is 13.6 Å².